The summed E-state index contributed by atoms with van der Waals surface area (Å²) in [4.78, 5) is 24.8. The zero-order valence-corrected chi connectivity index (χ0v) is 12.0. The number of anilines is 1. The molecule has 2 amide bonds. The molecule has 0 atom stereocenters. The van der Waals surface area contributed by atoms with Gasteiger partial charge in [-0.15, -0.1) is 0 Å². The summed E-state index contributed by atoms with van der Waals surface area (Å²) < 4.78 is 0. The Hall–Kier alpha value is -2.08. The molecule has 0 saturated carbocycles. The molecule has 1 heterocycles. The topological polar surface area (TPSA) is 81.7 Å². The molecule has 21 heavy (non-hydrogen) atoms. The summed E-state index contributed by atoms with van der Waals surface area (Å²) in [5.41, 5.74) is 0.781. The number of urea groups is 1. The minimum atomic E-state index is -0.979. The first-order chi connectivity index (χ1) is 10.1. The van der Waals surface area contributed by atoms with Crippen LogP contribution in [0.3, 0.4) is 0 Å². The summed E-state index contributed by atoms with van der Waals surface area (Å²) >= 11 is 0. The third kappa shape index (κ3) is 5.07. The maximum atomic E-state index is 11.7. The molecular weight excluding hydrogens is 270 g/mol. The zero-order chi connectivity index (χ0) is 15.1. The van der Waals surface area contributed by atoms with Crippen LogP contribution in [-0.4, -0.2) is 48.2 Å². The van der Waals surface area contributed by atoms with Crippen molar-refractivity contribution in [1.82, 2.24) is 10.2 Å². The van der Waals surface area contributed by atoms with Crippen molar-refractivity contribution in [3.05, 3.63) is 29.8 Å². The minimum absolute atomic E-state index is 0.201. The lowest BCUT2D eigenvalue weighted by Gasteiger charge is -2.14. The first kappa shape index (κ1) is 15.3. The van der Waals surface area contributed by atoms with Gasteiger partial charge in [-0.3, -0.25) is 0 Å². The van der Waals surface area contributed by atoms with Crippen LogP contribution in [0.5, 0.6) is 0 Å². The standard InChI is InChI=1S/C15H21N3O3/c19-14(20)12-4-6-13(7-5-12)17-15(21)16-8-3-11-18-9-1-2-10-18/h4-7H,1-3,8-11H2,(H,19,20)(H2,16,17,21). The van der Waals surface area contributed by atoms with Gasteiger partial charge in [-0.1, -0.05) is 0 Å². The Morgan fingerprint density at radius 3 is 2.43 bits per heavy atom. The summed E-state index contributed by atoms with van der Waals surface area (Å²) in [6.45, 7) is 3.99. The number of carboxylic acids is 1. The molecule has 0 bridgehead atoms. The number of carbonyl (C=O) groups is 2. The van der Waals surface area contributed by atoms with E-state index in [0.717, 1.165) is 13.0 Å². The third-order valence-corrected chi connectivity index (χ3v) is 3.53. The zero-order valence-electron chi connectivity index (χ0n) is 12.0. The van der Waals surface area contributed by atoms with E-state index < -0.39 is 5.97 Å². The van der Waals surface area contributed by atoms with Crippen LogP contribution >= 0.6 is 0 Å². The molecule has 3 N–H and O–H groups in total. The maximum absolute atomic E-state index is 11.7. The summed E-state index contributed by atoms with van der Waals surface area (Å²) in [7, 11) is 0. The third-order valence-electron chi connectivity index (χ3n) is 3.53. The van der Waals surface area contributed by atoms with Gasteiger partial charge >= 0.3 is 12.0 Å². The van der Waals surface area contributed by atoms with E-state index in [4.69, 9.17) is 5.11 Å². The average Bonchev–Trinajstić information content (AvgIpc) is 2.97. The van der Waals surface area contributed by atoms with Crippen molar-refractivity contribution in [2.75, 3.05) is 31.5 Å². The highest BCUT2D eigenvalue weighted by Crippen LogP contribution is 2.09. The number of hydrogen-bond acceptors (Lipinski definition) is 3. The molecule has 0 aliphatic carbocycles. The predicted octanol–water partition coefficient (Wildman–Crippen LogP) is 1.99. The molecule has 1 aromatic rings. The number of nitrogens with one attached hydrogen (secondary N) is 2. The number of aromatic carboxylic acids is 1. The smallest absolute Gasteiger partial charge is 0.335 e. The van der Waals surface area contributed by atoms with Gasteiger partial charge in [0, 0.05) is 12.2 Å². The van der Waals surface area contributed by atoms with E-state index in [1.54, 1.807) is 12.1 Å². The molecule has 0 spiro atoms. The Labute approximate surface area is 124 Å². The molecular formula is C15H21N3O3. The normalized spacial score (nSPS) is 14.9. The van der Waals surface area contributed by atoms with Gasteiger partial charge in [0.05, 0.1) is 5.56 Å². The van der Waals surface area contributed by atoms with E-state index in [1.165, 1.54) is 38.1 Å². The second-order valence-corrected chi connectivity index (χ2v) is 5.17. The SMILES string of the molecule is O=C(NCCCN1CCCC1)Nc1ccc(C(=O)O)cc1. The largest absolute Gasteiger partial charge is 0.478 e. The summed E-state index contributed by atoms with van der Waals surface area (Å²) in [6, 6.07) is 5.82. The molecule has 1 aliphatic heterocycles. The van der Waals surface area contributed by atoms with Gasteiger partial charge in [0.1, 0.15) is 0 Å². The number of nitrogens with zero attached hydrogens (tertiary/aromatic N) is 1. The van der Waals surface area contributed by atoms with Crippen LogP contribution in [0.4, 0.5) is 10.5 Å². The Kier molecular flexibility index (Phi) is 5.57. The maximum Gasteiger partial charge on any atom is 0.335 e. The Balaban J connectivity index is 1.65. The Bertz CT molecular complexity index is 481. The summed E-state index contributed by atoms with van der Waals surface area (Å²) in [5, 5.41) is 14.3. The van der Waals surface area contributed by atoms with E-state index >= 15 is 0 Å². The van der Waals surface area contributed by atoms with Crippen molar-refractivity contribution in [3.8, 4) is 0 Å². The molecule has 1 saturated heterocycles. The molecule has 2 rings (SSSR count). The van der Waals surface area contributed by atoms with Crippen molar-refractivity contribution in [2.24, 2.45) is 0 Å². The van der Waals surface area contributed by atoms with Crippen LogP contribution in [0.1, 0.15) is 29.6 Å². The fourth-order valence-corrected chi connectivity index (χ4v) is 2.38. The van der Waals surface area contributed by atoms with Crippen molar-refractivity contribution in [2.45, 2.75) is 19.3 Å². The lowest BCUT2D eigenvalue weighted by Crippen LogP contribution is -2.31. The molecule has 0 radical (unpaired) electrons. The van der Waals surface area contributed by atoms with Crippen LogP contribution in [0.2, 0.25) is 0 Å². The van der Waals surface area contributed by atoms with E-state index in [-0.39, 0.29) is 11.6 Å². The Morgan fingerprint density at radius 1 is 1.14 bits per heavy atom. The quantitative estimate of drug-likeness (QED) is 0.700. The van der Waals surface area contributed by atoms with Gasteiger partial charge in [0.15, 0.2) is 0 Å². The number of carbonyl (C=O) groups excluding carboxylic acids is 1. The highest BCUT2D eigenvalue weighted by atomic mass is 16.4. The lowest BCUT2D eigenvalue weighted by atomic mass is 10.2. The second kappa shape index (κ2) is 7.64. The number of hydrogen-bond donors (Lipinski definition) is 3. The molecule has 1 aliphatic rings. The van der Waals surface area contributed by atoms with E-state index in [1.807, 2.05) is 0 Å². The monoisotopic (exact) mass is 291 g/mol. The van der Waals surface area contributed by atoms with Gasteiger partial charge in [-0.2, -0.15) is 0 Å². The number of rotatable bonds is 6. The molecule has 0 unspecified atom stereocenters. The second-order valence-electron chi connectivity index (χ2n) is 5.17. The molecule has 0 aromatic heterocycles. The fraction of sp³-hybridized carbons (Fsp3) is 0.467. The molecule has 6 nitrogen and oxygen atoms in total. The van der Waals surface area contributed by atoms with Crippen molar-refractivity contribution >= 4 is 17.7 Å². The van der Waals surface area contributed by atoms with E-state index in [9.17, 15) is 9.59 Å². The highest BCUT2D eigenvalue weighted by Gasteiger charge is 2.10. The number of likely N-dealkylation sites (tertiary alicyclic amines) is 1. The number of carboxylic acid groups (broad SMARTS) is 1. The number of amides is 2. The van der Waals surface area contributed by atoms with Crippen LogP contribution in [-0.2, 0) is 0 Å². The molecule has 114 valence electrons. The first-order valence-electron chi connectivity index (χ1n) is 7.26. The van der Waals surface area contributed by atoms with Gasteiger partial charge in [0.2, 0.25) is 0 Å². The molecule has 1 aromatic carbocycles. The van der Waals surface area contributed by atoms with Gasteiger partial charge in [-0.25, -0.2) is 9.59 Å². The van der Waals surface area contributed by atoms with Crippen LogP contribution in [0.25, 0.3) is 0 Å². The van der Waals surface area contributed by atoms with Crippen LogP contribution in [0.15, 0.2) is 24.3 Å². The van der Waals surface area contributed by atoms with Gasteiger partial charge in [-0.05, 0) is 63.2 Å². The van der Waals surface area contributed by atoms with Gasteiger partial charge < -0.3 is 20.6 Å². The number of benzene rings is 1. The van der Waals surface area contributed by atoms with Gasteiger partial charge in [0.25, 0.3) is 0 Å². The Morgan fingerprint density at radius 2 is 1.81 bits per heavy atom. The van der Waals surface area contributed by atoms with Crippen molar-refractivity contribution in [3.63, 3.8) is 0 Å². The van der Waals surface area contributed by atoms with Crippen LogP contribution in [0, 0.1) is 0 Å². The average molecular weight is 291 g/mol. The summed E-state index contributed by atoms with van der Waals surface area (Å²) in [5.74, 6) is -0.979. The minimum Gasteiger partial charge on any atom is -0.478 e. The van der Waals surface area contributed by atoms with E-state index in [0.29, 0.717) is 12.2 Å². The molecule has 6 heteroatoms. The summed E-state index contributed by atoms with van der Waals surface area (Å²) in [6.07, 6.45) is 3.49. The fourth-order valence-electron chi connectivity index (χ4n) is 2.38. The highest BCUT2D eigenvalue weighted by molar-refractivity contribution is 5.91. The van der Waals surface area contributed by atoms with E-state index in [2.05, 4.69) is 15.5 Å². The lowest BCUT2D eigenvalue weighted by molar-refractivity contribution is 0.0697. The van der Waals surface area contributed by atoms with Crippen molar-refractivity contribution in [1.29, 1.82) is 0 Å². The predicted molar refractivity (Wildman–Crippen MR) is 80.7 cm³/mol. The first-order valence-corrected chi connectivity index (χ1v) is 7.26. The van der Waals surface area contributed by atoms with Crippen LogP contribution < -0.4 is 10.6 Å². The molecule has 1 fully saturated rings. The van der Waals surface area contributed by atoms with Crippen molar-refractivity contribution < 1.29 is 14.7 Å².